The largest absolute Gasteiger partial charge is 0.480 e. The van der Waals surface area contributed by atoms with Gasteiger partial charge in [-0.15, -0.1) is 0 Å². The molecule has 1 N–H and O–H groups in total. The minimum atomic E-state index is -0.980. The van der Waals surface area contributed by atoms with Gasteiger partial charge >= 0.3 is 5.97 Å². The molecule has 1 aliphatic heterocycles. The Morgan fingerprint density at radius 1 is 1.50 bits per heavy atom. The Balaban J connectivity index is 2.32. The highest BCUT2D eigenvalue weighted by Crippen LogP contribution is 2.26. The Hall–Kier alpha value is -1.36. The molecule has 0 aliphatic carbocycles. The first-order valence-electron chi connectivity index (χ1n) is 4.88. The van der Waals surface area contributed by atoms with E-state index >= 15 is 0 Å². The lowest BCUT2D eigenvalue weighted by molar-refractivity contribution is -0.137. The molecule has 0 radical (unpaired) electrons. The number of rotatable bonds is 2. The topological polar surface area (TPSA) is 57.6 Å². The highest BCUT2D eigenvalue weighted by Gasteiger charge is 2.26. The van der Waals surface area contributed by atoms with Gasteiger partial charge < -0.3 is 10.0 Å². The van der Waals surface area contributed by atoms with E-state index in [-0.39, 0.29) is 12.5 Å². The molecule has 4 nitrogen and oxygen atoms in total. The second-order valence-corrected chi connectivity index (χ2v) is 4.49. The van der Waals surface area contributed by atoms with Crippen molar-refractivity contribution >= 4 is 27.8 Å². The zero-order valence-corrected chi connectivity index (χ0v) is 10.0. The van der Waals surface area contributed by atoms with Gasteiger partial charge in [-0.2, -0.15) is 0 Å². The molecule has 0 fully saturated rings. The normalized spacial score (nSPS) is 14.8. The molecule has 1 amide bonds. The lowest BCUT2D eigenvalue weighted by atomic mass is 9.99. The lowest BCUT2D eigenvalue weighted by Gasteiger charge is -2.27. The molecule has 1 aromatic rings. The first kappa shape index (κ1) is 11.1. The molecule has 1 aliphatic rings. The third kappa shape index (κ3) is 1.95. The van der Waals surface area contributed by atoms with Crippen LogP contribution in [0.1, 0.15) is 15.9 Å². The van der Waals surface area contributed by atoms with Crippen molar-refractivity contribution in [3.63, 3.8) is 0 Å². The van der Waals surface area contributed by atoms with Crippen molar-refractivity contribution < 1.29 is 14.7 Å². The SMILES string of the molecule is O=C(O)CN1CCc2c(Br)cccc2C1=O. The molecule has 16 heavy (non-hydrogen) atoms. The maximum atomic E-state index is 11.9. The summed E-state index contributed by atoms with van der Waals surface area (Å²) in [5, 5.41) is 8.68. The number of fused-ring (bicyclic) bond motifs is 1. The molecule has 0 unspecified atom stereocenters. The van der Waals surface area contributed by atoms with Gasteiger partial charge in [-0.1, -0.05) is 22.0 Å². The summed E-state index contributed by atoms with van der Waals surface area (Å²) in [6.45, 7) is 0.228. The van der Waals surface area contributed by atoms with Gasteiger partial charge in [-0.25, -0.2) is 0 Å². The number of carboxylic acids is 1. The first-order valence-corrected chi connectivity index (χ1v) is 5.67. The van der Waals surface area contributed by atoms with Crippen LogP contribution >= 0.6 is 15.9 Å². The van der Waals surface area contributed by atoms with Gasteiger partial charge in [0.2, 0.25) is 0 Å². The van der Waals surface area contributed by atoms with Crippen molar-refractivity contribution in [2.75, 3.05) is 13.1 Å². The van der Waals surface area contributed by atoms with Crippen molar-refractivity contribution in [2.45, 2.75) is 6.42 Å². The summed E-state index contributed by atoms with van der Waals surface area (Å²) in [5.41, 5.74) is 1.57. The molecule has 0 bridgehead atoms. The molecule has 0 aromatic heterocycles. The molecule has 1 heterocycles. The summed E-state index contributed by atoms with van der Waals surface area (Å²) in [5.74, 6) is -1.18. The Morgan fingerprint density at radius 2 is 2.25 bits per heavy atom. The van der Waals surface area contributed by atoms with Gasteiger partial charge in [0.05, 0.1) is 0 Å². The van der Waals surface area contributed by atoms with E-state index in [0.29, 0.717) is 18.5 Å². The summed E-state index contributed by atoms with van der Waals surface area (Å²) in [6, 6.07) is 5.40. The maximum absolute atomic E-state index is 11.9. The number of carbonyl (C=O) groups is 2. The molecule has 1 aromatic carbocycles. The van der Waals surface area contributed by atoms with Crippen molar-refractivity contribution in [2.24, 2.45) is 0 Å². The van der Waals surface area contributed by atoms with E-state index in [1.807, 2.05) is 6.07 Å². The van der Waals surface area contributed by atoms with Crippen LogP contribution in [-0.2, 0) is 11.2 Å². The van der Waals surface area contributed by atoms with Crippen LogP contribution in [0, 0.1) is 0 Å². The van der Waals surface area contributed by atoms with E-state index in [9.17, 15) is 9.59 Å². The maximum Gasteiger partial charge on any atom is 0.323 e. The minimum absolute atomic E-state index is 0.204. The molecule has 0 saturated heterocycles. The van der Waals surface area contributed by atoms with Crippen LogP contribution < -0.4 is 0 Å². The van der Waals surface area contributed by atoms with E-state index in [0.717, 1.165) is 10.0 Å². The second kappa shape index (κ2) is 4.25. The van der Waals surface area contributed by atoms with Crippen molar-refractivity contribution in [1.29, 1.82) is 0 Å². The summed E-state index contributed by atoms with van der Waals surface area (Å²) in [6.07, 6.45) is 0.690. The number of aliphatic carboxylic acids is 1. The average molecular weight is 284 g/mol. The number of nitrogens with zero attached hydrogens (tertiary/aromatic N) is 1. The Kier molecular flexibility index (Phi) is 2.96. The van der Waals surface area contributed by atoms with Crippen LogP contribution in [0.3, 0.4) is 0 Å². The van der Waals surface area contributed by atoms with E-state index in [1.54, 1.807) is 12.1 Å². The van der Waals surface area contributed by atoms with Crippen LogP contribution in [-0.4, -0.2) is 35.0 Å². The number of carbonyl (C=O) groups excluding carboxylic acids is 1. The molecule has 0 atom stereocenters. The van der Waals surface area contributed by atoms with E-state index in [1.165, 1.54) is 4.90 Å². The van der Waals surface area contributed by atoms with Crippen LogP contribution in [0.2, 0.25) is 0 Å². The summed E-state index contributed by atoms with van der Waals surface area (Å²) in [4.78, 5) is 23.9. The Bertz CT molecular complexity index is 459. The summed E-state index contributed by atoms with van der Waals surface area (Å²) >= 11 is 3.39. The zero-order chi connectivity index (χ0) is 11.7. The fourth-order valence-electron chi connectivity index (χ4n) is 1.85. The van der Waals surface area contributed by atoms with Gasteiger partial charge in [0.15, 0.2) is 0 Å². The lowest BCUT2D eigenvalue weighted by Crippen LogP contribution is -2.40. The number of hydrogen-bond donors (Lipinski definition) is 1. The molecule has 0 spiro atoms. The standard InChI is InChI=1S/C11H10BrNO3/c12-9-3-1-2-8-7(9)4-5-13(11(8)16)6-10(14)15/h1-3H,4-6H2,(H,14,15). The van der Waals surface area contributed by atoms with Crippen LogP contribution in [0.4, 0.5) is 0 Å². The molecule has 0 saturated carbocycles. The number of carboxylic acid groups (broad SMARTS) is 1. The third-order valence-electron chi connectivity index (χ3n) is 2.59. The van der Waals surface area contributed by atoms with Crippen LogP contribution in [0.5, 0.6) is 0 Å². The fraction of sp³-hybridized carbons (Fsp3) is 0.273. The molecular formula is C11H10BrNO3. The molecular weight excluding hydrogens is 274 g/mol. The number of hydrogen-bond acceptors (Lipinski definition) is 2. The van der Waals surface area contributed by atoms with Crippen molar-refractivity contribution in [3.05, 3.63) is 33.8 Å². The fourth-order valence-corrected chi connectivity index (χ4v) is 2.41. The summed E-state index contributed by atoms with van der Waals surface area (Å²) in [7, 11) is 0. The quantitative estimate of drug-likeness (QED) is 0.896. The molecule has 5 heteroatoms. The van der Waals surface area contributed by atoms with Crippen LogP contribution in [0.25, 0.3) is 0 Å². The first-order chi connectivity index (χ1) is 7.59. The average Bonchev–Trinajstić information content (AvgIpc) is 2.23. The number of amides is 1. The predicted octanol–water partition coefficient (Wildman–Crippen LogP) is 1.53. The van der Waals surface area contributed by atoms with Crippen molar-refractivity contribution in [3.8, 4) is 0 Å². The van der Waals surface area contributed by atoms with E-state index < -0.39 is 5.97 Å². The monoisotopic (exact) mass is 283 g/mol. The van der Waals surface area contributed by atoms with E-state index in [2.05, 4.69) is 15.9 Å². The zero-order valence-electron chi connectivity index (χ0n) is 8.44. The Morgan fingerprint density at radius 3 is 2.94 bits per heavy atom. The van der Waals surface area contributed by atoms with Gasteiger partial charge in [0, 0.05) is 16.6 Å². The number of benzene rings is 1. The van der Waals surface area contributed by atoms with Crippen LogP contribution in [0.15, 0.2) is 22.7 Å². The number of halogens is 1. The highest BCUT2D eigenvalue weighted by atomic mass is 79.9. The van der Waals surface area contributed by atoms with Gasteiger partial charge in [-0.3, -0.25) is 9.59 Å². The predicted molar refractivity (Wildman–Crippen MR) is 61.4 cm³/mol. The highest BCUT2D eigenvalue weighted by molar-refractivity contribution is 9.10. The van der Waals surface area contributed by atoms with Gasteiger partial charge in [0.1, 0.15) is 6.54 Å². The van der Waals surface area contributed by atoms with E-state index in [4.69, 9.17) is 5.11 Å². The van der Waals surface area contributed by atoms with Gasteiger partial charge in [-0.05, 0) is 24.1 Å². The smallest absolute Gasteiger partial charge is 0.323 e. The molecule has 2 rings (SSSR count). The minimum Gasteiger partial charge on any atom is -0.480 e. The Labute approximate surface area is 101 Å². The van der Waals surface area contributed by atoms with Gasteiger partial charge in [0.25, 0.3) is 5.91 Å². The second-order valence-electron chi connectivity index (χ2n) is 3.64. The molecule has 84 valence electrons. The van der Waals surface area contributed by atoms with Crippen molar-refractivity contribution in [1.82, 2.24) is 4.90 Å². The third-order valence-corrected chi connectivity index (χ3v) is 3.34. The summed E-state index contributed by atoms with van der Waals surface area (Å²) < 4.78 is 0.910.